The number of carbonyl (C=O) groups is 1. The van der Waals surface area contributed by atoms with E-state index in [0.29, 0.717) is 18.5 Å². The molecule has 1 aromatic rings. The normalized spacial score (nSPS) is 16.6. The fourth-order valence-corrected chi connectivity index (χ4v) is 4.09. The number of ether oxygens (including phenoxy) is 1. The van der Waals surface area contributed by atoms with Crippen LogP contribution in [-0.4, -0.2) is 59.1 Å². The Bertz CT molecular complexity index is 698. The molecule has 0 aliphatic carbocycles. The molecular weight excluding hydrogens is 342 g/mol. The van der Waals surface area contributed by atoms with Gasteiger partial charge in [0.2, 0.25) is 10.0 Å². The molecule has 0 atom stereocenters. The molecule has 0 saturated carbocycles. The van der Waals surface area contributed by atoms with Crippen molar-refractivity contribution in [2.75, 3.05) is 33.8 Å². The lowest BCUT2D eigenvalue weighted by Gasteiger charge is -2.29. The van der Waals surface area contributed by atoms with Crippen LogP contribution in [0, 0.1) is 0 Å². The highest BCUT2D eigenvalue weighted by atomic mass is 32.2. The third kappa shape index (κ3) is 5.17. The number of benzene rings is 1. The van der Waals surface area contributed by atoms with E-state index in [1.165, 1.54) is 19.2 Å². The molecule has 0 bridgehead atoms. The standard InChI is InChI=1S/C17H27N3O4S/c1-4-9-18-25(22,23)16-12-13(5-6-15(16)24-3)17(21)19-14-7-10-20(2)11-8-14/h5-6,12,14,18H,4,7-11H2,1-3H3,(H,19,21). The Morgan fingerprint density at radius 3 is 2.60 bits per heavy atom. The first-order valence-electron chi connectivity index (χ1n) is 8.54. The van der Waals surface area contributed by atoms with E-state index in [4.69, 9.17) is 4.74 Å². The minimum atomic E-state index is -3.72. The van der Waals surface area contributed by atoms with Crippen molar-refractivity contribution in [3.63, 3.8) is 0 Å². The van der Waals surface area contributed by atoms with E-state index in [0.717, 1.165) is 25.9 Å². The second-order valence-electron chi connectivity index (χ2n) is 6.31. The number of piperidine rings is 1. The second-order valence-corrected chi connectivity index (χ2v) is 8.05. The zero-order chi connectivity index (χ0) is 18.4. The molecule has 0 radical (unpaired) electrons. The Labute approximate surface area is 149 Å². The molecule has 1 heterocycles. The molecule has 25 heavy (non-hydrogen) atoms. The predicted octanol–water partition coefficient (Wildman–Crippen LogP) is 1.21. The molecule has 0 spiro atoms. The number of methoxy groups -OCH3 is 1. The molecule has 0 aromatic heterocycles. The van der Waals surface area contributed by atoms with Gasteiger partial charge in [-0.25, -0.2) is 13.1 Å². The molecule has 1 fully saturated rings. The summed E-state index contributed by atoms with van der Waals surface area (Å²) >= 11 is 0. The minimum absolute atomic E-state index is 0.0144. The first-order chi connectivity index (χ1) is 11.9. The maximum Gasteiger partial charge on any atom is 0.251 e. The van der Waals surface area contributed by atoms with Gasteiger partial charge in [-0.05, 0) is 57.6 Å². The lowest BCUT2D eigenvalue weighted by atomic mass is 10.0. The Morgan fingerprint density at radius 1 is 1.32 bits per heavy atom. The van der Waals surface area contributed by atoms with Crippen LogP contribution in [0.5, 0.6) is 5.75 Å². The largest absolute Gasteiger partial charge is 0.495 e. The first-order valence-corrected chi connectivity index (χ1v) is 10.0. The van der Waals surface area contributed by atoms with Gasteiger partial charge in [-0.3, -0.25) is 4.79 Å². The van der Waals surface area contributed by atoms with Crippen LogP contribution in [0.15, 0.2) is 23.1 Å². The van der Waals surface area contributed by atoms with Gasteiger partial charge in [0.25, 0.3) is 5.91 Å². The van der Waals surface area contributed by atoms with Crippen LogP contribution in [0.2, 0.25) is 0 Å². The van der Waals surface area contributed by atoms with Crippen molar-refractivity contribution in [3.8, 4) is 5.75 Å². The predicted molar refractivity (Wildman–Crippen MR) is 96.5 cm³/mol. The highest BCUT2D eigenvalue weighted by Gasteiger charge is 2.23. The van der Waals surface area contributed by atoms with Crippen molar-refractivity contribution in [1.29, 1.82) is 0 Å². The van der Waals surface area contributed by atoms with Crippen molar-refractivity contribution >= 4 is 15.9 Å². The monoisotopic (exact) mass is 369 g/mol. The van der Waals surface area contributed by atoms with Crippen LogP contribution in [0.4, 0.5) is 0 Å². The number of sulfonamides is 1. The van der Waals surface area contributed by atoms with Gasteiger partial charge < -0.3 is 15.0 Å². The molecule has 1 amide bonds. The van der Waals surface area contributed by atoms with Gasteiger partial charge in [0.1, 0.15) is 10.6 Å². The molecule has 2 N–H and O–H groups in total. The number of rotatable bonds is 7. The number of nitrogens with zero attached hydrogens (tertiary/aromatic N) is 1. The summed E-state index contributed by atoms with van der Waals surface area (Å²) in [6.07, 6.45) is 2.46. The molecule has 1 aliphatic heterocycles. The summed E-state index contributed by atoms with van der Waals surface area (Å²) in [6, 6.07) is 4.59. The SMILES string of the molecule is CCCNS(=O)(=O)c1cc(C(=O)NC2CCN(C)CC2)ccc1OC. The first kappa shape index (κ1) is 19.7. The Balaban J connectivity index is 2.18. The summed E-state index contributed by atoms with van der Waals surface area (Å²) in [5, 5.41) is 2.99. The summed E-state index contributed by atoms with van der Waals surface area (Å²) in [6.45, 7) is 4.09. The Morgan fingerprint density at radius 2 is 2.00 bits per heavy atom. The summed E-state index contributed by atoms with van der Waals surface area (Å²) in [4.78, 5) is 14.7. The van der Waals surface area contributed by atoms with E-state index in [-0.39, 0.29) is 22.6 Å². The number of likely N-dealkylation sites (tertiary alicyclic amines) is 1. The summed E-state index contributed by atoms with van der Waals surface area (Å²) < 4.78 is 32.5. The smallest absolute Gasteiger partial charge is 0.251 e. The number of nitrogens with one attached hydrogen (secondary N) is 2. The molecule has 8 heteroatoms. The van der Waals surface area contributed by atoms with Crippen molar-refractivity contribution in [1.82, 2.24) is 14.9 Å². The number of carbonyl (C=O) groups excluding carboxylic acids is 1. The van der Waals surface area contributed by atoms with Crippen molar-refractivity contribution in [2.45, 2.75) is 37.1 Å². The lowest BCUT2D eigenvalue weighted by molar-refractivity contribution is 0.0916. The fraction of sp³-hybridized carbons (Fsp3) is 0.588. The van der Waals surface area contributed by atoms with Crippen LogP contribution < -0.4 is 14.8 Å². The molecule has 140 valence electrons. The average molecular weight is 369 g/mol. The van der Waals surface area contributed by atoms with Gasteiger partial charge in [0, 0.05) is 18.2 Å². The van der Waals surface area contributed by atoms with E-state index in [1.807, 2.05) is 6.92 Å². The fourth-order valence-electron chi connectivity index (χ4n) is 2.76. The number of amides is 1. The van der Waals surface area contributed by atoms with Gasteiger partial charge >= 0.3 is 0 Å². The molecule has 2 rings (SSSR count). The van der Waals surface area contributed by atoms with Gasteiger partial charge in [0.15, 0.2) is 0 Å². The van der Waals surface area contributed by atoms with E-state index >= 15 is 0 Å². The Hall–Kier alpha value is -1.64. The summed E-state index contributed by atoms with van der Waals surface area (Å²) in [7, 11) is -0.257. The maximum absolute atomic E-state index is 12.5. The van der Waals surface area contributed by atoms with E-state index in [2.05, 4.69) is 22.0 Å². The van der Waals surface area contributed by atoms with Crippen molar-refractivity contribution < 1.29 is 17.9 Å². The topological polar surface area (TPSA) is 87.7 Å². The van der Waals surface area contributed by atoms with Gasteiger partial charge in [0.05, 0.1) is 7.11 Å². The van der Waals surface area contributed by atoms with Crippen LogP contribution >= 0.6 is 0 Å². The molecule has 0 unspecified atom stereocenters. The second kappa shape index (κ2) is 8.64. The van der Waals surface area contributed by atoms with Gasteiger partial charge in [-0.2, -0.15) is 0 Å². The number of hydrogen-bond acceptors (Lipinski definition) is 5. The lowest BCUT2D eigenvalue weighted by Crippen LogP contribution is -2.43. The Kier molecular flexibility index (Phi) is 6.80. The third-order valence-electron chi connectivity index (χ3n) is 4.31. The van der Waals surface area contributed by atoms with Crippen molar-refractivity contribution in [2.24, 2.45) is 0 Å². The maximum atomic E-state index is 12.5. The highest BCUT2D eigenvalue weighted by Crippen LogP contribution is 2.25. The molecular formula is C17H27N3O4S. The zero-order valence-electron chi connectivity index (χ0n) is 15.0. The van der Waals surface area contributed by atoms with Crippen molar-refractivity contribution in [3.05, 3.63) is 23.8 Å². The van der Waals surface area contributed by atoms with Crippen LogP contribution in [0.25, 0.3) is 0 Å². The quantitative estimate of drug-likeness (QED) is 0.754. The van der Waals surface area contributed by atoms with Crippen LogP contribution in [0.3, 0.4) is 0 Å². The average Bonchev–Trinajstić information content (AvgIpc) is 2.61. The van der Waals surface area contributed by atoms with E-state index in [9.17, 15) is 13.2 Å². The minimum Gasteiger partial charge on any atom is -0.495 e. The zero-order valence-corrected chi connectivity index (χ0v) is 15.9. The molecule has 1 aromatic carbocycles. The van der Waals surface area contributed by atoms with E-state index < -0.39 is 10.0 Å². The summed E-state index contributed by atoms with van der Waals surface area (Å²) in [5.41, 5.74) is 0.316. The van der Waals surface area contributed by atoms with E-state index in [1.54, 1.807) is 6.07 Å². The van der Waals surface area contributed by atoms with Gasteiger partial charge in [-0.15, -0.1) is 0 Å². The third-order valence-corrected chi connectivity index (χ3v) is 5.79. The molecule has 7 nitrogen and oxygen atoms in total. The molecule has 1 saturated heterocycles. The van der Waals surface area contributed by atoms with Crippen LogP contribution in [0.1, 0.15) is 36.5 Å². The van der Waals surface area contributed by atoms with Gasteiger partial charge in [-0.1, -0.05) is 6.92 Å². The number of hydrogen-bond donors (Lipinski definition) is 2. The molecule has 1 aliphatic rings. The van der Waals surface area contributed by atoms with Crippen LogP contribution in [-0.2, 0) is 10.0 Å². The summed E-state index contributed by atoms with van der Waals surface area (Å²) in [5.74, 6) is -0.0383. The highest BCUT2D eigenvalue weighted by molar-refractivity contribution is 7.89.